The molecule has 0 saturated heterocycles. The van der Waals surface area contributed by atoms with Gasteiger partial charge in [0.15, 0.2) is 11.2 Å². The minimum atomic E-state index is -0.312. The molecule has 2 rings (SSSR count). The van der Waals surface area contributed by atoms with Gasteiger partial charge in [-0.1, -0.05) is 13.3 Å². The Hall–Kier alpha value is -1.62. The minimum Gasteiger partial charge on any atom is -0.406 e. The first-order valence-electron chi connectivity index (χ1n) is 6.90. The van der Waals surface area contributed by atoms with Crippen molar-refractivity contribution in [2.24, 2.45) is 0 Å². The van der Waals surface area contributed by atoms with Gasteiger partial charge in [0.2, 0.25) is 0 Å². The Morgan fingerprint density at radius 1 is 1.47 bits per heavy atom. The first-order chi connectivity index (χ1) is 9.22. The molecule has 104 valence electrons. The number of aryl methyl sites for hydroxylation is 1. The molecule has 1 atom stereocenters. The van der Waals surface area contributed by atoms with Crippen molar-refractivity contribution >= 4 is 11.2 Å². The molecular formula is C14H21N3O2. The number of hydrogen-bond donors (Lipinski definition) is 1. The highest BCUT2D eigenvalue weighted by Crippen LogP contribution is 2.10. The van der Waals surface area contributed by atoms with Crippen LogP contribution in [-0.4, -0.2) is 22.1 Å². The largest absolute Gasteiger partial charge is 0.421 e. The lowest BCUT2D eigenvalue weighted by atomic mass is 10.1. The Labute approximate surface area is 112 Å². The van der Waals surface area contributed by atoms with E-state index in [2.05, 4.69) is 24.1 Å². The van der Waals surface area contributed by atoms with E-state index in [1.807, 2.05) is 0 Å². The molecule has 0 bridgehead atoms. The van der Waals surface area contributed by atoms with E-state index in [0.29, 0.717) is 23.8 Å². The summed E-state index contributed by atoms with van der Waals surface area (Å²) in [5.41, 5.74) is 1.21. The van der Waals surface area contributed by atoms with Gasteiger partial charge < -0.3 is 9.73 Å². The van der Waals surface area contributed by atoms with Crippen molar-refractivity contribution in [3.05, 3.63) is 28.9 Å². The summed E-state index contributed by atoms with van der Waals surface area (Å²) in [4.78, 5) is 15.9. The summed E-state index contributed by atoms with van der Waals surface area (Å²) in [7, 11) is 0. The van der Waals surface area contributed by atoms with E-state index in [0.717, 1.165) is 25.8 Å². The lowest BCUT2D eigenvalue weighted by Gasteiger charge is -2.11. The van der Waals surface area contributed by atoms with Crippen molar-refractivity contribution in [3.63, 3.8) is 0 Å². The molecule has 19 heavy (non-hydrogen) atoms. The minimum absolute atomic E-state index is 0.312. The quantitative estimate of drug-likeness (QED) is 0.778. The van der Waals surface area contributed by atoms with Gasteiger partial charge in [-0.15, -0.1) is 0 Å². The van der Waals surface area contributed by atoms with E-state index in [9.17, 15) is 4.79 Å². The molecule has 0 aromatic carbocycles. The maximum absolute atomic E-state index is 11.7. The smallest absolute Gasteiger partial charge is 0.406 e. The van der Waals surface area contributed by atoms with Gasteiger partial charge in [0.05, 0.1) is 0 Å². The van der Waals surface area contributed by atoms with E-state index >= 15 is 0 Å². The third-order valence-electron chi connectivity index (χ3n) is 3.25. The predicted octanol–water partition coefficient (Wildman–Crippen LogP) is 2.16. The normalized spacial score (nSPS) is 12.9. The molecule has 0 aliphatic heterocycles. The number of oxazole rings is 1. The second-order valence-corrected chi connectivity index (χ2v) is 4.80. The predicted molar refractivity (Wildman–Crippen MR) is 75.3 cm³/mol. The summed E-state index contributed by atoms with van der Waals surface area (Å²) >= 11 is 0. The molecular weight excluding hydrogens is 242 g/mol. The monoisotopic (exact) mass is 263 g/mol. The third kappa shape index (κ3) is 3.44. The highest BCUT2D eigenvalue weighted by Gasteiger charge is 2.09. The number of hydrogen-bond acceptors (Lipinski definition) is 4. The second kappa shape index (κ2) is 6.52. The van der Waals surface area contributed by atoms with Crippen LogP contribution in [0.5, 0.6) is 0 Å². The van der Waals surface area contributed by atoms with Gasteiger partial charge in [0, 0.05) is 18.8 Å². The number of pyridine rings is 1. The van der Waals surface area contributed by atoms with E-state index in [1.165, 1.54) is 0 Å². The molecule has 1 N–H and O–H groups in total. The number of nitrogens with one attached hydrogen (secondary N) is 1. The molecule has 0 saturated carbocycles. The van der Waals surface area contributed by atoms with Crippen LogP contribution in [0.2, 0.25) is 0 Å². The molecule has 2 aromatic rings. The summed E-state index contributed by atoms with van der Waals surface area (Å²) in [6.45, 7) is 5.96. The Morgan fingerprint density at radius 2 is 2.32 bits per heavy atom. The molecule has 0 aliphatic rings. The molecule has 1 unspecified atom stereocenters. The summed E-state index contributed by atoms with van der Waals surface area (Å²) in [6.07, 6.45) is 4.84. The summed E-state index contributed by atoms with van der Waals surface area (Å²) in [6, 6.07) is 4.07. The fourth-order valence-corrected chi connectivity index (χ4v) is 2.27. The van der Waals surface area contributed by atoms with Crippen LogP contribution in [0, 0.1) is 0 Å². The maximum atomic E-state index is 11.7. The van der Waals surface area contributed by atoms with Crippen LogP contribution in [0.15, 0.2) is 27.5 Å². The number of rotatable bonds is 7. The van der Waals surface area contributed by atoms with Crippen LogP contribution >= 0.6 is 0 Å². The molecule has 2 aromatic heterocycles. The van der Waals surface area contributed by atoms with Gasteiger partial charge >= 0.3 is 5.76 Å². The van der Waals surface area contributed by atoms with Gasteiger partial charge in [-0.3, -0.25) is 4.57 Å². The highest BCUT2D eigenvalue weighted by molar-refractivity contribution is 5.67. The second-order valence-electron chi connectivity index (χ2n) is 4.80. The molecule has 0 aliphatic carbocycles. The van der Waals surface area contributed by atoms with Crippen molar-refractivity contribution < 1.29 is 4.42 Å². The first-order valence-corrected chi connectivity index (χ1v) is 6.90. The van der Waals surface area contributed by atoms with Gasteiger partial charge in [0.25, 0.3) is 0 Å². The summed E-state index contributed by atoms with van der Waals surface area (Å²) in [5, 5.41) is 3.38. The molecule has 2 heterocycles. The fourth-order valence-electron chi connectivity index (χ4n) is 2.27. The number of fused-ring (bicyclic) bond motifs is 1. The zero-order chi connectivity index (χ0) is 13.7. The topological polar surface area (TPSA) is 60.1 Å². The van der Waals surface area contributed by atoms with Crippen LogP contribution in [0.1, 0.15) is 33.1 Å². The van der Waals surface area contributed by atoms with Gasteiger partial charge in [-0.25, -0.2) is 9.78 Å². The average Bonchev–Trinajstić information content (AvgIpc) is 2.71. The maximum Gasteiger partial charge on any atom is 0.421 e. The lowest BCUT2D eigenvalue weighted by Crippen LogP contribution is -2.25. The van der Waals surface area contributed by atoms with E-state index in [1.54, 1.807) is 22.9 Å². The molecule has 5 heteroatoms. The van der Waals surface area contributed by atoms with Crippen molar-refractivity contribution in [2.45, 2.75) is 45.7 Å². The van der Waals surface area contributed by atoms with E-state index in [-0.39, 0.29) is 5.76 Å². The van der Waals surface area contributed by atoms with Crippen molar-refractivity contribution in [3.8, 4) is 0 Å². The summed E-state index contributed by atoms with van der Waals surface area (Å²) < 4.78 is 6.77. The van der Waals surface area contributed by atoms with E-state index < -0.39 is 0 Å². The number of unbranched alkanes of at least 4 members (excludes halogenated alkanes) is 1. The molecule has 0 radical (unpaired) electrons. The molecule has 0 spiro atoms. The molecule has 5 nitrogen and oxygen atoms in total. The van der Waals surface area contributed by atoms with Crippen molar-refractivity contribution in [1.29, 1.82) is 0 Å². The van der Waals surface area contributed by atoms with Crippen molar-refractivity contribution in [1.82, 2.24) is 14.9 Å². The Balaban J connectivity index is 1.91. The Kier molecular flexibility index (Phi) is 4.74. The third-order valence-corrected chi connectivity index (χ3v) is 3.25. The lowest BCUT2D eigenvalue weighted by molar-refractivity contribution is 0.463. The fraction of sp³-hybridized carbons (Fsp3) is 0.571. The van der Waals surface area contributed by atoms with E-state index in [4.69, 9.17) is 4.42 Å². The zero-order valence-corrected chi connectivity index (χ0v) is 11.6. The van der Waals surface area contributed by atoms with Gasteiger partial charge in [0.1, 0.15) is 0 Å². The number of aromatic nitrogens is 2. The van der Waals surface area contributed by atoms with Crippen LogP contribution in [0.25, 0.3) is 11.2 Å². The van der Waals surface area contributed by atoms with Crippen LogP contribution in [0.3, 0.4) is 0 Å². The first kappa shape index (κ1) is 13.8. The summed E-state index contributed by atoms with van der Waals surface area (Å²) in [5.74, 6) is -0.312. The van der Waals surface area contributed by atoms with Crippen LogP contribution in [-0.2, 0) is 6.54 Å². The highest BCUT2D eigenvalue weighted by atomic mass is 16.4. The molecule has 0 amide bonds. The average molecular weight is 263 g/mol. The zero-order valence-electron chi connectivity index (χ0n) is 11.6. The van der Waals surface area contributed by atoms with Crippen LogP contribution in [0.4, 0.5) is 0 Å². The van der Waals surface area contributed by atoms with Gasteiger partial charge in [-0.2, -0.15) is 0 Å². The standard InChI is InChI=1S/C14H21N3O2/c1-3-15-11(2)7-4-5-10-17-13-12(19-14(17)18)8-6-9-16-13/h6,8-9,11,15H,3-5,7,10H2,1-2H3. The van der Waals surface area contributed by atoms with Gasteiger partial charge in [-0.05, 0) is 38.4 Å². The SMILES string of the molecule is CCNC(C)CCCCn1c(=O)oc2cccnc21. The molecule has 0 fully saturated rings. The van der Waals surface area contributed by atoms with Crippen molar-refractivity contribution in [2.75, 3.05) is 6.54 Å². The number of nitrogens with zero attached hydrogens (tertiary/aromatic N) is 2. The van der Waals surface area contributed by atoms with Crippen LogP contribution < -0.4 is 11.1 Å². The Bertz CT molecular complexity index is 573. The Morgan fingerprint density at radius 3 is 3.11 bits per heavy atom.